The van der Waals surface area contributed by atoms with E-state index in [0.717, 1.165) is 99.3 Å². The number of oxime groups is 1. The maximum atomic E-state index is 13.7. The monoisotopic (exact) mass is 651 g/mol. The third-order valence-corrected chi connectivity index (χ3v) is 10.8. The smallest absolute Gasteiger partial charge is 0.239 e. The zero-order valence-electron chi connectivity index (χ0n) is 28.1. The van der Waals surface area contributed by atoms with Gasteiger partial charge < -0.3 is 34.2 Å². The van der Waals surface area contributed by atoms with Crippen LogP contribution in [0.3, 0.4) is 0 Å². The number of benzene rings is 1. The molecule has 1 aromatic carbocycles. The number of allylic oxidation sites excluding steroid dienone is 1. The zero-order valence-corrected chi connectivity index (χ0v) is 28.1. The first-order valence-electron chi connectivity index (χ1n) is 17.7. The molecule has 2 saturated carbocycles. The Morgan fingerprint density at radius 3 is 2.62 bits per heavy atom. The Morgan fingerprint density at radius 2 is 1.94 bits per heavy atom. The van der Waals surface area contributed by atoms with Gasteiger partial charge in [0.05, 0.1) is 18.2 Å². The quantitative estimate of drug-likeness (QED) is 0.103. The highest BCUT2D eigenvalue weighted by Gasteiger charge is 2.65. The number of rotatable bonds is 18. The number of likely N-dealkylation sites (N-methyl/N-ethyl adjacent to an activating group) is 1. The molecule has 0 bridgehead atoms. The molecule has 10 nitrogen and oxygen atoms in total. The van der Waals surface area contributed by atoms with E-state index in [9.17, 15) is 15.0 Å². The number of aliphatic hydroxyl groups excluding tert-OH is 2. The molecule has 1 aromatic rings. The third kappa shape index (κ3) is 7.12. The van der Waals surface area contributed by atoms with Crippen molar-refractivity contribution in [3.8, 4) is 11.5 Å². The fourth-order valence-corrected chi connectivity index (χ4v) is 8.29. The van der Waals surface area contributed by atoms with E-state index in [4.69, 9.17) is 19.0 Å². The van der Waals surface area contributed by atoms with Crippen LogP contribution >= 0.6 is 0 Å². The molecule has 0 unspecified atom stereocenters. The molecule has 2 N–H and O–H groups in total. The Labute approximate surface area is 279 Å². The van der Waals surface area contributed by atoms with Crippen LogP contribution in [-0.2, 0) is 14.4 Å². The summed E-state index contributed by atoms with van der Waals surface area (Å²) in [5.41, 5.74) is 2.95. The number of aliphatic hydroxyl groups is 2. The second-order valence-corrected chi connectivity index (χ2v) is 13.9. The largest absolute Gasteiger partial charge is 0.492 e. The van der Waals surface area contributed by atoms with Gasteiger partial charge in [-0.15, -0.1) is 6.58 Å². The van der Waals surface area contributed by atoms with Gasteiger partial charge in [-0.2, -0.15) is 0 Å². The summed E-state index contributed by atoms with van der Waals surface area (Å²) >= 11 is 0. The van der Waals surface area contributed by atoms with Crippen LogP contribution < -0.4 is 9.47 Å². The van der Waals surface area contributed by atoms with Gasteiger partial charge in [0.1, 0.15) is 31.3 Å². The van der Waals surface area contributed by atoms with E-state index < -0.39 is 11.8 Å². The molecule has 5 aliphatic rings. The number of unbranched alkanes of at least 4 members (excludes halogenated alkanes) is 2. The molecule has 0 spiro atoms. The number of hydrogen-bond donors (Lipinski definition) is 2. The second kappa shape index (κ2) is 15.1. The van der Waals surface area contributed by atoms with Crippen molar-refractivity contribution in [1.82, 2.24) is 9.80 Å². The fraction of sp³-hybridized carbons (Fsp3) is 0.676. The van der Waals surface area contributed by atoms with E-state index in [1.54, 1.807) is 13.2 Å². The lowest BCUT2D eigenvalue weighted by molar-refractivity contribution is -0.255. The molecule has 2 heterocycles. The molecule has 0 aromatic heterocycles. The second-order valence-electron chi connectivity index (χ2n) is 13.9. The molecule has 10 heteroatoms. The molecule has 0 radical (unpaired) electrons. The van der Waals surface area contributed by atoms with Gasteiger partial charge in [0.2, 0.25) is 11.7 Å². The molecule has 6 rings (SSSR count). The van der Waals surface area contributed by atoms with E-state index in [1.165, 1.54) is 0 Å². The van der Waals surface area contributed by atoms with Gasteiger partial charge in [0.25, 0.3) is 0 Å². The summed E-state index contributed by atoms with van der Waals surface area (Å²) in [6.45, 7) is 8.34. The van der Waals surface area contributed by atoms with E-state index >= 15 is 0 Å². The maximum Gasteiger partial charge on any atom is 0.239 e. The van der Waals surface area contributed by atoms with Crippen LogP contribution in [0.2, 0.25) is 0 Å². The van der Waals surface area contributed by atoms with Crippen molar-refractivity contribution in [2.24, 2.45) is 28.8 Å². The summed E-state index contributed by atoms with van der Waals surface area (Å²) in [7, 11) is 3.45. The molecule has 3 fully saturated rings. The predicted octanol–water partition coefficient (Wildman–Crippen LogP) is 4.51. The van der Waals surface area contributed by atoms with Gasteiger partial charge in [-0.3, -0.25) is 9.69 Å². The maximum absolute atomic E-state index is 13.7. The first-order valence-corrected chi connectivity index (χ1v) is 17.7. The lowest BCUT2D eigenvalue weighted by atomic mass is 9.55. The van der Waals surface area contributed by atoms with E-state index in [0.29, 0.717) is 13.0 Å². The van der Waals surface area contributed by atoms with E-state index in [1.807, 2.05) is 24.1 Å². The molecule has 2 aliphatic heterocycles. The van der Waals surface area contributed by atoms with Crippen LogP contribution in [0.4, 0.5) is 0 Å². The van der Waals surface area contributed by atoms with Gasteiger partial charge in [-0.1, -0.05) is 30.1 Å². The highest BCUT2D eigenvalue weighted by molar-refractivity contribution is 6.03. The van der Waals surface area contributed by atoms with Crippen molar-refractivity contribution < 1.29 is 34.1 Å². The summed E-state index contributed by atoms with van der Waals surface area (Å²) in [6.07, 6.45) is 11.4. The summed E-state index contributed by atoms with van der Waals surface area (Å²) in [5, 5.41) is 24.0. The third-order valence-electron chi connectivity index (χ3n) is 10.8. The SMILES string of the molecule is C=CCO[C@@]12Oc3ccc(OCCN4CC4)cc3[C@H]3[C@H](CCCCO)[C@@H](CCCCO)C=C(C(=NOC)C[C@@H]1N(C)C(=O)C1CC1)[C@H]32. The molecular formula is C37H53N3O7. The summed E-state index contributed by atoms with van der Waals surface area (Å²) in [5.74, 6) is 0.609. The van der Waals surface area contributed by atoms with Gasteiger partial charge in [-0.05, 0) is 74.1 Å². The summed E-state index contributed by atoms with van der Waals surface area (Å²) in [4.78, 5) is 23.4. The normalized spacial score (nSPS) is 30.1. The number of fused-ring (bicyclic) bond motifs is 2. The number of carbonyl (C=O) groups is 1. The summed E-state index contributed by atoms with van der Waals surface area (Å²) < 4.78 is 20.3. The number of ether oxygens (including phenoxy) is 3. The molecule has 1 saturated heterocycles. The average Bonchev–Trinajstić information content (AvgIpc) is 4.01. The van der Waals surface area contributed by atoms with Crippen LogP contribution in [0.5, 0.6) is 11.5 Å². The fourth-order valence-electron chi connectivity index (χ4n) is 8.29. The van der Waals surface area contributed by atoms with Crippen molar-refractivity contribution >= 4 is 11.6 Å². The Kier molecular flexibility index (Phi) is 10.9. The molecule has 258 valence electrons. The van der Waals surface area contributed by atoms with Crippen molar-refractivity contribution in [2.45, 2.75) is 75.5 Å². The minimum absolute atomic E-state index is 0.0306. The van der Waals surface area contributed by atoms with Crippen LogP contribution in [0.15, 0.2) is 47.7 Å². The van der Waals surface area contributed by atoms with Crippen molar-refractivity contribution in [2.75, 3.05) is 60.2 Å². The van der Waals surface area contributed by atoms with Crippen molar-refractivity contribution in [3.63, 3.8) is 0 Å². The van der Waals surface area contributed by atoms with Crippen molar-refractivity contribution in [3.05, 3.63) is 48.1 Å². The summed E-state index contributed by atoms with van der Waals surface area (Å²) in [6, 6.07) is 5.70. The van der Waals surface area contributed by atoms with Gasteiger partial charge in [0.15, 0.2) is 0 Å². The van der Waals surface area contributed by atoms with Crippen molar-refractivity contribution in [1.29, 1.82) is 0 Å². The number of hydrogen-bond acceptors (Lipinski definition) is 9. The van der Waals surface area contributed by atoms with Crippen LogP contribution in [0.25, 0.3) is 0 Å². The van der Waals surface area contributed by atoms with Crippen LogP contribution in [-0.4, -0.2) is 104 Å². The topological polar surface area (TPSA) is 113 Å². The van der Waals surface area contributed by atoms with E-state index in [2.05, 4.69) is 28.8 Å². The Hall–Kier alpha value is -2.92. The molecule has 47 heavy (non-hydrogen) atoms. The Bertz CT molecular complexity index is 1320. The first kappa shape index (κ1) is 34.0. The Morgan fingerprint density at radius 1 is 1.17 bits per heavy atom. The van der Waals surface area contributed by atoms with Gasteiger partial charge >= 0.3 is 0 Å². The number of nitrogens with zero attached hydrogens (tertiary/aromatic N) is 3. The lowest BCUT2D eigenvalue weighted by Gasteiger charge is -2.59. The minimum Gasteiger partial charge on any atom is -0.492 e. The highest BCUT2D eigenvalue weighted by atomic mass is 16.7. The molecule has 6 atom stereocenters. The lowest BCUT2D eigenvalue weighted by Crippen LogP contribution is -2.69. The highest BCUT2D eigenvalue weighted by Crippen LogP contribution is 2.62. The first-order chi connectivity index (χ1) is 22.9. The minimum atomic E-state index is -1.18. The van der Waals surface area contributed by atoms with Crippen LogP contribution in [0.1, 0.15) is 69.3 Å². The standard InChI is InChI=1S/C37H53N3O7/c1-4-20-46-37-33(39(2)36(43)25-11-12-25)24-31(38-44-3)29-22-26(9-5-7-18-41)28(10-6-8-19-42)34(35(29)37)30-23-27(13-14-32(30)47-37)45-21-17-40-15-16-40/h4,13-14,22-23,25-26,28,33-35,41-42H,1,5-12,15-21,24H2,2-3H3/t26-,28+,33-,34+,35+,37+/m0/s1. The number of carbonyl (C=O) groups excluding carboxylic acids is 1. The predicted molar refractivity (Wildman–Crippen MR) is 179 cm³/mol. The number of amides is 1. The van der Waals surface area contributed by atoms with Gasteiger partial charge in [0, 0.05) is 63.7 Å². The molecule has 1 amide bonds. The van der Waals surface area contributed by atoms with E-state index in [-0.39, 0.29) is 55.3 Å². The molecular weight excluding hydrogens is 598 g/mol. The zero-order chi connectivity index (χ0) is 33.0. The average molecular weight is 652 g/mol. The Balaban J connectivity index is 1.51. The van der Waals surface area contributed by atoms with Crippen LogP contribution in [0, 0.1) is 23.7 Å². The van der Waals surface area contributed by atoms with Gasteiger partial charge in [-0.25, -0.2) is 0 Å². The molecule has 3 aliphatic carbocycles.